The van der Waals surface area contributed by atoms with Crippen molar-refractivity contribution in [1.29, 1.82) is 5.26 Å². The summed E-state index contributed by atoms with van der Waals surface area (Å²) in [6, 6.07) is 16.9. The van der Waals surface area contributed by atoms with Crippen molar-refractivity contribution in [2.45, 2.75) is 30.6 Å². The topological polar surface area (TPSA) is 101 Å². The van der Waals surface area contributed by atoms with E-state index in [0.29, 0.717) is 34.2 Å². The molecule has 3 heterocycles. The maximum atomic E-state index is 13.2. The van der Waals surface area contributed by atoms with Crippen LogP contribution in [0.1, 0.15) is 17.8 Å². The van der Waals surface area contributed by atoms with Crippen molar-refractivity contribution in [2.24, 2.45) is 0 Å². The molecule has 1 atom stereocenters. The normalized spacial score (nSPS) is 16.8. The van der Waals surface area contributed by atoms with Crippen LogP contribution in [0.5, 0.6) is 0 Å². The Balaban J connectivity index is 1.48. The van der Waals surface area contributed by atoms with E-state index in [-0.39, 0.29) is 28.7 Å². The van der Waals surface area contributed by atoms with Gasteiger partial charge in [-0.15, -0.1) is 11.3 Å². The van der Waals surface area contributed by atoms with Gasteiger partial charge in [-0.25, -0.2) is 9.97 Å². The third-order valence-corrected chi connectivity index (χ3v) is 7.52. The second-order valence-electron chi connectivity index (χ2n) is 7.67. The van der Waals surface area contributed by atoms with Crippen LogP contribution in [-0.4, -0.2) is 38.1 Å². The molecule has 0 aliphatic carbocycles. The number of aliphatic hydroxyl groups excluding tert-OH is 1. The third-order valence-electron chi connectivity index (χ3n) is 5.48. The molecule has 166 valence electrons. The van der Waals surface area contributed by atoms with Crippen molar-refractivity contribution in [3.8, 4) is 6.07 Å². The van der Waals surface area contributed by atoms with E-state index >= 15 is 0 Å². The fourth-order valence-electron chi connectivity index (χ4n) is 3.83. The Kier molecular flexibility index (Phi) is 6.13. The molecule has 2 aromatic carbocycles. The van der Waals surface area contributed by atoms with Gasteiger partial charge in [-0.05, 0) is 37.1 Å². The van der Waals surface area contributed by atoms with Crippen LogP contribution in [0.2, 0.25) is 0 Å². The highest BCUT2D eigenvalue weighted by molar-refractivity contribution is 7.99. The molecular weight excluding hydrogens is 456 g/mol. The zero-order valence-electron chi connectivity index (χ0n) is 17.6. The van der Waals surface area contributed by atoms with Crippen LogP contribution in [0.4, 0.5) is 0 Å². The van der Waals surface area contributed by atoms with Gasteiger partial charge in [-0.3, -0.25) is 9.36 Å². The number of hydrogen-bond acceptors (Lipinski definition) is 8. The largest absolute Gasteiger partial charge is 0.510 e. The number of rotatable bonds is 6. The molecular formula is C24H20N4O3S2. The van der Waals surface area contributed by atoms with E-state index in [1.807, 2.05) is 36.4 Å². The SMILES string of the molecule is N#C/C(=C(/O)CSc1nc2ccccc2c(=O)n1CC1CCCO1)c1nc2ccccc2s1. The molecule has 2 aromatic heterocycles. The van der Waals surface area contributed by atoms with E-state index in [4.69, 9.17) is 4.74 Å². The van der Waals surface area contributed by atoms with Gasteiger partial charge in [-0.1, -0.05) is 36.0 Å². The summed E-state index contributed by atoms with van der Waals surface area (Å²) in [5, 5.41) is 22.0. The minimum absolute atomic E-state index is 0.0356. The summed E-state index contributed by atoms with van der Waals surface area (Å²) in [6.07, 6.45) is 1.83. The molecule has 33 heavy (non-hydrogen) atoms. The predicted octanol–water partition coefficient (Wildman–Crippen LogP) is 4.77. The number of benzene rings is 2. The zero-order chi connectivity index (χ0) is 22.8. The second kappa shape index (κ2) is 9.35. The Labute approximate surface area is 198 Å². The van der Waals surface area contributed by atoms with Gasteiger partial charge < -0.3 is 9.84 Å². The smallest absolute Gasteiger partial charge is 0.262 e. The maximum absolute atomic E-state index is 13.2. The first-order valence-electron chi connectivity index (χ1n) is 10.6. The molecule has 1 saturated heterocycles. The van der Waals surface area contributed by atoms with E-state index < -0.39 is 0 Å². The van der Waals surface area contributed by atoms with Crippen molar-refractivity contribution >= 4 is 49.8 Å². The van der Waals surface area contributed by atoms with E-state index in [0.717, 1.165) is 23.1 Å². The lowest BCUT2D eigenvalue weighted by Crippen LogP contribution is -2.28. The predicted molar refractivity (Wildman–Crippen MR) is 130 cm³/mol. The lowest BCUT2D eigenvalue weighted by atomic mass is 10.2. The van der Waals surface area contributed by atoms with E-state index in [1.165, 1.54) is 23.1 Å². The van der Waals surface area contributed by atoms with E-state index in [9.17, 15) is 15.2 Å². The van der Waals surface area contributed by atoms with Gasteiger partial charge in [0.15, 0.2) is 5.16 Å². The summed E-state index contributed by atoms with van der Waals surface area (Å²) in [7, 11) is 0. The summed E-state index contributed by atoms with van der Waals surface area (Å²) >= 11 is 2.59. The summed E-state index contributed by atoms with van der Waals surface area (Å²) in [5.74, 6) is 0.00223. The van der Waals surface area contributed by atoms with Gasteiger partial charge in [0.25, 0.3) is 5.56 Å². The fourth-order valence-corrected chi connectivity index (χ4v) is 5.70. The first-order chi connectivity index (χ1) is 16.1. The van der Waals surface area contributed by atoms with Crippen LogP contribution in [0, 0.1) is 11.3 Å². The minimum atomic E-state index is -0.131. The average molecular weight is 477 g/mol. The molecule has 1 aliphatic heterocycles. The molecule has 7 nitrogen and oxygen atoms in total. The quantitative estimate of drug-likeness (QED) is 0.185. The molecule has 5 rings (SSSR count). The van der Waals surface area contributed by atoms with Gasteiger partial charge in [0.1, 0.15) is 22.4 Å². The number of nitriles is 1. The molecule has 1 N–H and O–H groups in total. The molecule has 0 bridgehead atoms. The van der Waals surface area contributed by atoms with Crippen LogP contribution >= 0.6 is 23.1 Å². The first kappa shape index (κ1) is 21.6. The van der Waals surface area contributed by atoms with Crippen LogP contribution in [-0.2, 0) is 11.3 Å². The average Bonchev–Trinajstić information content (AvgIpc) is 3.50. The lowest BCUT2D eigenvalue weighted by Gasteiger charge is -2.16. The number of fused-ring (bicyclic) bond motifs is 2. The number of thioether (sulfide) groups is 1. The zero-order valence-corrected chi connectivity index (χ0v) is 19.2. The molecule has 0 amide bonds. The maximum Gasteiger partial charge on any atom is 0.262 e. The summed E-state index contributed by atoms with van der Waals surface area (Å²) in [6.45, 7) is 1.10. The summed E-state index contributed by atoms with van der Waals surface area (Å²) < 4.78 is 8.31. The van der Waals surface area contributed by atoms with Crippen molar-refractivity contribution in [1.82, 2.24) is 14.5 Å². The third kappa shape index (κ3) is 4.37. The number of nitrogens with zero attached hydrogens (tertiary/aromatic N) is 4. The standard InChI is InChI=1S/C24H20N4O3S2/c25-12-17(22-26-19-9-3-4-10-21(19)33-22)20(29)14-32-24-27-18-8-2-1-7-16(18)23(30)28(24)13-15-6-5-11-31-15/h1-4,7-10,15,29H,5-6,11,13-14H2/b20-17-. The number of aromatic nitrogens is 3. The second-order valence-corrected chi connectivity index (χ2v) is 9.64. The number of hydrogen-bond donors (Lipinski definition) is 1. The molecule has 0 saturated carbocycles. The Morgan fingerprint density at radius 3 is 2.76 bits per heavy atom. The minimum Gasteiger partial charge on any atom is -0.510 e. The number of ether oxygens (including phenoxy) is 1. The molecule has 0 spiro atoms. The summed E-state index contributed by atoms with van der Waals surface area (Å²) in [5.41, 5.74) is 1.39. The molecule has 0 radical (unpaired) electrons. The highest BCUT2D eigenvalue weighted by Crippen LogP contribution is 2.30. The monoisotopic (exact) mass is 476 g/mol. The van der Waals surface area contributed by atoms with Crippen molar-refractivity contribution in [3.63, 3.8) is 0 Å². The van der Waals surface area contributed by atoms with Crippen LogP contribution in [0.15, 0.2) is 64.2 Å². The van der Waals surface area contributed by atoms with Crippen LogP contribution < -0.4 is 5.56 Å². The van der Waals surface area contributed by atoms with Crippen molar-refractivity contribution in [3.05, 3.63) is 69.7 Å². The van der Waals surface area contributed by atoms with Gasteiger partial charge in [0.2, 0.25) is 0 Å². The molecule has 1 aliphatic rings. The van der Waals surface area contributed by atoms with Gasteiger partial charge in [-0.2, -0.15) is 5.26 Å². The number of thiazole rings is 1. The molecule has 4 aromatic rings. The fraction of sp³-hybridized carbons (Fsp3) is 0.250. The Morgan fingerprint density at radius 1 is 1.21 bits per heavy atom. The molecule has 1 unspecified atom stereocenters. The summed E-state index contributed by atoms with van der Waals surface area (Å²) in [4.78, 5) is 22.4. The Bertz CT molecular complexity index is 1430. The van der Waals surface area contributed by atoms with Gasteiger partial charge >= 0.3 is 0 Å². The van der Waals surface area contributed by atoms with Crippen molar-refractivity contribution < 1.29 is 9.84 Å². The van der Waals surface area contributed by atoms with E-state index in [2.05, 4.69) is 16.0 Å². The van der Waals surface area contributed by atoms with Crippen molar-refractivity contribution in [2.75, 3.05) is 12.4 Å². The Morgan fingerprint density at radius 2 is 2.00 bits per heavy atom. The molecule has 9 heteroatoms. The van der Waals surface area contributed by atoms with Crippen LogP contribution in [0.25, 0.3) is 26.7 Å². The number of aliphatic hydroxyl groups is 1. The molecule has 1 fully saturated rings. The van der Waals surface area contributed by atoms with Gasteiger partial charge in [0.05, 0.1) is 39.5 Å². The lowest BCUT2D eigenvalue weighted by molar-refractivity contribution is 0.0937. The first-order valence-corrected chi connectivity index (χ1v) is 12.4. The Hall–Kier alpha value is -3.19. The highest BCUT2D eigenvalue weighted by atomic mass is 32.2. The van der Waals surface area contributed by atoms with Gasteiger partial charge in [0, 0.05) is 6.61 Å². The van der Waals surface area contributed by atoms with Crippen LogP contribution in [0.3, 0.4) is 0 Å². The number of allylic oxidation sites excluding steroid dienone is 1. The highest BCUT2D eigenvalue weighted by Gasteiger charge is 2.21. The number of para-hydroxylation sites is 2. The van der Waals surface area contributed by atoms with E-state index in [1.54, 1.807) is 16.7 Å².